The maximum absolute atomic E-state index is 14.4. The molecule has 2 atom stereocenters. The van der Waals surface area contributed by atoms with E-state index >= 15 is 0 Å². The van der Waals surface area contributed by atoms with Crippen molar-refractivity contribution in [2.45, 2.75) is 0 Å². The van der Waals surface area contributed by atoms with Crippen LogP contribution in [0.3, 0.4) is 0 Å². The van der Waals surface area contributed by atoms with Crippen LogP contribution in [0, 0.1) is 0 Å². The highest BCUT2D eigenvalue weighted by atomic mass is 32.4. The molecule has 7 heteroatoms. The average molecular weight is 422 g/mol. The second kappa shape index (κ2) is 6.56. The highest BCUT2D eigenvalue weighted by molar-refractivity contribution is 8.17. The molecule has 0 saturated carbocycles. The van der Waals surface area contributed by atoms with Crippen LogP contribution in [0.5, 0.6) is 5.75 Å². The summed E-state index contributed by atoms with van der Waals surface area (Å²) in [6.07, 6.45) is 0.616. The molecule has 0 bridgehead atoms. The lowest BCUT2D eigenvalue weighted by molar-refractivity contribution is 0.538. The second-order valence-corrected chi connectivity index (χ2v) is 12.6. The Balaban J connectivity index is 1.82. The van der Waals surface area contributed by atoms with Crippen LogP contribution in [0.25, 0.3) is 5.70 Å². The minimum Gasteiger partial charge on any atom is -0.444 e. The van der Waals surface area contributed by atoms with Crippen LogP contribution in [0.4, 0.5) is 0 Å². The fourth-order valence-electron chi connectivity index (χ4n) is 3.46. The number of hydrogen-bond donors (Lipinski definition) is 0. The van der Waals surface area contributed by atoms with Gasteiger partial charge < -0.3 is 4.52 Å². The molecule has 0 aliphatic carbocycles. The molecule has 0 amide bonds. The fraction of sp³-hybridized carbons (Fsp3) is 0. The Kier molecular flexibility index (Phi) is 4.13. The highest BCUT2D eigenvalue weighted by Crippen LogP contribution is 2.73. The third kappa shape index (κ3) is 2.55. The maximum atomic E-state index is 14.4. The molecular weight excluding hydrogens is 406 g/mol. The molecule has 5 rings (SSSR count). The zero-order valence-electron chi connectivity index (χ0n) is 14.8. The van der Waals surface area contributed by atoms with Gasteiger partial charge in [-0.25, -0.2) is 9.20 Å². The summed E-state index contributed by atoms with van der Waals surface area (Å²) in [6.45, 7) is 0. The molecule has 2 heterocycles. The van der Waals surface area contributed by atoms with E-state index in [4.69, 9.17) is 16.3 Å². The van der Waals surface area contributed by atoms with Crippen LogP contribution in [-0.4, -0.2) is 10.7 Å². The SMILES string of the molecule is O=P1(c2ccccc2)N=CC=C2c3ccccc3OP(=S)(c3ccccc3)N21. The Morgan fingerprint density at radius 1 is 0.821 bits per heavy atom. The summed E-state index contributed by atoms with van der Waals surface area (Å²) in [5.74, 6) is 0.715. The van der Waals surface area contributed by atoms with Crippen LogP contribution in [0.1, 0.15) is 5.56 Å². The minimum absolute atomic E-state index is 0.644. The predicted molar refractivity (Wildman–Crippen MR) is 119 cm³/mol. The number of hydrogen-bond acceptors (Lipinski definition) is 3. The van der Waals surface area contributed by atoms with Gasteiger partial charge in [-0.05, 0) is 54.3 Å². The molecule has 28 heavy (non-hydrogen) atoms. The maximum Gasteiger partial charge on any atom is 0.317 e. The minimum atomic E-state index is -3.39. The molecule has 0 radical (unpaired) electrons. The van der Waals surface area contributed by atoms with Gasteiger partial charge >= 0.3 is 7.44 Å². The Labute approximate surface area is 168 Å². The van der Waals surface area contributed by atoms with Crippen molar-refractivity contribution in [3.63, 3.8) is 0 Å². The zero-order chi connectivity index (χ0) is 19.2. The largest absolute Gasteiger partial charge is 0.444 e. The standard InChI is InChI=1S/C21H16N2O2P2S/c24-26(17-9-3-1-4-10-17)22-16-15-20-19-13-7-8-14-21(19)25-27(28,23(20)26)18-11-5-2-6-12-18/h1-16H. The smallest absolute Gasteiger partial charge is 0.317 e. The quantitative estimate of drug-likeness (QED) is 0.548. The molecule has 0 aromatic heterocycles. The molecule has 138 valence electrons. The van der Waals surface area contributed by atoms with E-state index in [1.165, 1.54) is 0 Å². The van der Waals surface area contributed by atoms with Gasteiger partial charge in [0.1, 0.15) is 5.75 Å². The number of nitrogens with zero attached hydrogens (tertiary/aromatic N) is 2. The molecule has 2 unspecified atom stereocenters. The van der Waals surface area contributed by atoms with Gasteiger partial charge in [0, 0.05) is 17.1 Å². The number of allylic oxidation sites excluding steroid dienone is 1. The topological polar surface area (TPSA) is 41.9 Å². The van der Waals surface area contributed by atoms with Gasteiger partial charge in [-0.3, -0.25) is 4.57 Å². The average Bonchev–Trinajstić information content (AvgIpc) is 2.75. The van der Waals surface area contributed by atoms with Gasteiger partial charge in [0.05, 0.1) is 11.0 Å². The third-order valence-corrected chi connectivity index (χ3v) is 12.2. The van der Waals surface area contributed by atoms with Crippen LogP contribution in [-0.2, 0) is 16.4 Å². The van der Waals surface area contributed by atoms with E-state index in [-0.39, 0.29) is 0 Å². The van der Waals surface area contributed by atoms with Crippen LogP contribution in [0.2, 0.25) is 0 Å². The molecule has 3 aromatic rings. The van der Waals surface area contributed by atoms with Crippen molar-refractivity contribution in [3.8, 4) is 5.75 Å². The molecule has 3 aromatic carbocycles. The first-order valence-corrected chi connectivity index (χ1v) is 13.1. The number of rotatable bonds is 2. The van der Waals surface area contributed by atoms with Crippen molar-refractivity contribution < 1.29 is 9.09 Å². The highest BCUT2D eigenvalue weighted by Gasteiger charge is 2.49. The third-order valence-electron chi connectivity index (χ3n) is 4.74. The summed E-state index contributed by atoms with van der Waals surface area (Å²) in [5.41, 5.74) is 1.68. The fourth-order valence-corrected chi connectivity index (χ4v) is 10.9. The van der Waals surface area contributed by atoms with Crippen molar-refractivity contribution in [2.24, 2.45) is 4.76 Å². The van der Waals surface area contributed by atoms with Crippen LogP contribution < -0.4 is 15.1 Å². The van der Waals surface area contributed by atoms with Crippen LogP contribution >= 0.6 is 13.9 Å². The lowest BCUT2D eigenvalue weighted by Gasteiger charge is -2.45. The van der Waals surface area contributed by atoms with E-state index in [0.717, 1.165) is 16.6 Å². The Morgan fingerprint density at radius 2 is 1.43 bits per heavy atom. The van der Waals surface area contributed by atoms with E-state index < -0.39 is 13.9 Å². The van der Waals surface area contributed by atoms with E-state index in [2.05, 4.69) is 4.76 Å². The number of benzene rings is 3. The molecule has 2 aliphatic rings. The van der Waals surface area contributed by atoms with Gasteiger partial charge in [0.15, 0.2) is 0 Å². The van der Waals surface area contributed by atoms with Crippen molar-refractivity contribution in [3.05, 3.63) is 96.6 Å². The number of para-hydroxylation sites is 1. The molecule has 0 saturated heterocycles. The number of fused-ring (bicyclic) bond motifs is 3. The molecular formula is C21H16N2O2P2S. The van der Waals surface area contributed by atoms with E-state index in [1.54, 1.807) is 10.7 Å². The first-order chi connectivity index (χ1) is 13.6. The summed E-state index contributed by atoms with van der Waals surface area (Å²) < 4.78 is 27.1. The first-order valence-electron chi connectivity index (χ1n) is 8.80. The second-order valence-electron chi connectivity index (χ2n) is 6.43. The van der Waals surface area contributed by atoms with E-state index in [9.17, 15) is 4.57 Å². The molecule has 2 aliphatic heterocycles. The molecule has 0 spiro atoms. The molecule has 0 fully saturated rings. The van der Waals surface area contributed by atoms with Gasteiger partial charge in [-0.2, -0.15) is 0 Å². The zero-order valence-corrected chi connectivity index (χ0v) is 17.4. The monoisotopic (exact) mass is 422 g/mol. The van der Waals surface area contributed by atoms with Crippen molar-refractivity contribution >= 4 is 48.2 Å². The summed E-state index contributed by atoms with van der Waals surface area (Å²) >= 11 is 6.17. The van der Waals surface area contributed by atoms with Crippen molar-refractivity contribution in [1.29, 1.82) is 0 Å². The summed E-state index contributed by atoms with van der Waals surface area (Å²) in [5, 5.41) is 1.49. The van der Waals surface area contributed by atoms with Gasteiger partial charge in [-0.15, -0.1) is 0 Å². The first kappa shape index (κ1) is 17.6. The van der Waals surface area contributed by atoms with Crippen LogP contribution in [0.15, 0.2) is 95.8 Å². The van der Waals surface area contributed by atoms with Crippen molar-refractivity contribution in [2.75, 3.05) is 0 Å². The van der Waals surface area contributed by atoms with Gasteiger partial charge in [0.2, 0.25) is 6.42 Å². The lowest BCUT2D eigenvalue weighted by atomic mass is 10.1. The normalized spacial score (nSPS) is 25.3. The summed E-state index contributed by atoms with van der Waals surface area (Å²) in [6, 6.07) is 26.7. The Morgan fingerprint density at radius 3 is 2.14 bits per heavy atom. The molecule has 4 nitrogen and oxygen atoms in total. The van der Waals surface area contributed by atoms with E-state index in [0.29, 0.717) is 11.1 Å². The lowest BCUT2D eigenvalue weighted by Crippen LogP contribution is -2.33. The van der Waals surface area contributed by atoms with E-state index in [1.807, 2.05) is 91.0 Å². The van der Waals surface area contributed by atoms with Gasteiger partial charge in [0.25, 0.3) is 0 Å². The Hall–Kier alpha value is -2.45. The molecule has 0 N–H and O–H groups in total. The summed E-state index contributed by atoms with van der Waals surface area (Å²) in [7, 11) is -3.39. The predicted octanol–water partition coefficient (Wildman–Crippen LogP) is 4.96. The van der Waals surface area contributed by atoms with Gasteiger partial charge in [-0.1, -0.05) is 48.5 Å². The van der Waals surface area contributed by atoms with Crippen molar-refractivity contribution in [1.82, 2.24) is 4.44 Å². The Bertz CT molecular complexity index is 1210. The summed E-state index contributed by atoms with van der Waals surface area (Å²) in [4.78, 5) is 0.